The third-order valence-corrected chi connectivity index (χ3v) is 5.57. The van der Waals surface area contributed by atoms with E-state index in [9.17, 15) is 9.59 Å². The molecule has 3 aromatic rings. The zero-order valence-corrected chi connectivity index (χ0v) is 16.2. The summed E-state index contributed by atoms with van der Waals surface area (Å²) >= 11 is 0. The molecule has 4 heteroatoms. The van der Waals surface area contributed by atoms with Crippen LogP contribution in [0.2, 0.25) is 0 Å². The monoisotopic (exact) mass is 376 g/mol. The summed E-state index contributed by atoms with van der Waals surface area (Å²) in [6, 6.07) is 14.6. The Hall–Kier alpha value is -2.88. The largest absolute Gasteiger partial charge is 0.459 e. The summed E-state index contributed by atoms with van der Waals surface area (Å²) in [5, 5.41) is 0.845. The number of esters is 1. The second-order valence-corrected chi connectivity index (χ2v) is 7.81. The van der Waals surface area contributed by atoms with E-state index in [2.05, 4.69) is 6.92 Å². The smallest absolute Gasteiger partial charge is 0.344 e. The van der Waals surface area contributed by atoms with Crippen molar-refractivity contribution in [2.24, 2.45) is 5.92 Å². The van der Waals surface area contributed by atoms with Gasteiger partial charge in [0.05, 0.1) is 11.1 Å². The normalized spacial score (nSPS) is 19.5. The van der Waals surface area contributed by atoms with Gasteiger partial charge in [-0.3, -0.25) is 0 Å². The maximum atomic E-state index is 12.8. The maximum absolute atomic E-state index is 12.8. The second-order valence-electron chi connectivity index (χ2n) is 7.81. The molecule has 1 fully saturated rings. The number of carbonyl (C=O) groups excluding carboxylic acids is 1. The van der Waals surface area contributed by atoms with Crippen LogP contribution in [0.1, 0.15) is 48.5 Å². The molecular weight excluding hydrogens is 352 g/mol. The molecule has 144 valence electrons. The fourth-order valence-electron chi connectivity index (χ4n) is 3.97. The molecule has 4 nitrogen and oxygen atoms in total. The van der Waals surface area contributed by atoms with E-state index in [1.165, 1.54) is 6.42 Å². The molecule has 0 unspecified atom stereocenters. The first kappa shape index (κ1) is 18.5. The minimum Gasteiger partial charge on any atom is -0.459 e. The van der Waals surface area contributed by atoms with Crippen LogP contribution < -0.4 is 5.63 Å². The number of fused-ring (bicyclic) bond motifs is 1. The molecule has 1 aliphatic carbocycles. The summed E-state index contributed by atoms with van der Waals surface area (Å²) in [4.78, 5) is 25.3. The van der Waals surface area contributed by atoms with E-state index >= 15 is 0 Å². The quantitative estimate of drug-likeness (QED) is 0.447. The number of benzene rings is 2. The number of carbonyl (C=O) groups is 1. The molecule has 28 heavy (non-hydrogen) atoms. The Morgan fingerprint density at radius 3 is 2.75 bits per heavy atom. The predicted octanol–water partition coefficient (Wildman–Crippen LogP) is 5.50. The molecule has 0 spiro atoms. The van der Waals surface area contributed by atoms with Crippen molar-refractivity contribution < 1.29 is 13.9 Å². The summed E-state index contributed by atoms with van der Waals surface area (Å²) in [7, 11) is 0. The van der Waals surface area contributed by atoms with E-state index < -0.39 is 5.63 Å². The highest BCUT2D eigenvalue weighted by atomic mass is 16.5. The van der Waals surface area contributed by atoms with Crippen molar-refractivity contribution in [2.45, 2.75) is 45.6 Å². The standard InChI is InChI=1S/C24H24O4/c1-15-6-5-8-19(12-15)27-23(25)20-13-17(11-10-16(20)2)21-14-18-7-3-4-9-22(18)28-24(21)26/h3-4,7,9-11,13-15,19H,5-6,8,12H2,1-2H3/t15-,19+/m1/s1. The van der Waals surface area contributed by atoms with Gasteiger partial charge in [0.15, 0.2) is 0 Å². The van der Waals surface area contributed by atoms with Gasteiger partial charge < -0.3 is 9.15 Å². The Morgan fingerprint density at radius 1 is 1.11 bits per heavy atom. The highest BCUT2D eigenvalue weighted by molar-refractivity contribution is 5.93. The van der Waals surface area contributed by atoms with Crippen LogP contribution in [0.4, 0.5) is 0 Å². The number of para-hydroxylation sites is 1. The van der Waals surface area contributed by atoms with Crippen LogP contribution in [0.25, 0.3) is 22.1 Å². The molecule has 1 heterocycles. The Morgan fingerprint density at radius 2 is 1.93 bits per heavy atom. The summed E-state index contributed by atoms with van der Waals surface area (Å²) in [5.41, 5.74) is 2.58. The predicted molar refractivity (Wildman–Crippen MR) is 109 cm³/mol. The summed E-state index contributed by atoms with van der Waals surface area (Å²) in [5.74, 6) is 0.268. The first-order valence-electron chi connectivity index (χ1n) is 9.86. The van der Waals surface area contributed by atoms with Crippen molar-refractivity contribution in [1.29, 1.82) is 0 Å². The molecule has 0 saturated heterocycles. The molecule has 1 aromatic heterocycles. The van der Waals surface area contributed by atoms with E-state index in [0.29, 0.717) is 28.2 Å². The van der Waals surface area contributed by atoms with Crippen LogP contribution in [0, 0.1) is 12.8 Å². The van der Waals surface area contributed by atoms with Crippen molar-refractivity contribution in [3.05, 3.63) is 70.1 Å². The SMILES string of the molecule is Cc1ccc(-c2cc3ccccc3oc2=O)cc1C(=O)O[C@H]1CCC[C@@H](C)C1. The Balaban J connectivity index is 1.66. The molecule has 1 saturated carbocycles. The molecular formula is C24H24O4. The number of hydrogen-bond acceptors (Lipinski definition) is 4. The van der Waals surface area contributed by atoms with Gasteiger partial charge in [0, 0.05) is 5.39 Å². The number of rotatable bonds is 3. The third kappa shape index (κ3) is 3.72. The van der Waals surface area contributed by atoms with Crippen molar-refractivity contribution in [1.82, 2.24) is 0 Å². The van der Waals surface area contributed by atoms with Crippen LogP contribution in [0.3, 0.4) is 0 Å². The van der Waals surface area contributed by atoms with Gasteiger partial charge in [-0.25, -0.2) is 9.59 Å². The number of hydrogen-bond donors (Lipinski definition) is 0. The van der Waals surface area contributed by atoms with Crippen LogP contribution >= 0.6 is 0 Å². The summed E-state index contributed by atoms with van der Waals surface area (Å²) in [6.45, 7) is 4.08. The van der Waals surface area contributed by atoms with E-state index in [-0.39, 0.29) is 12.1 Å². The molecule has 0 radical (unpaired) electrons. The van der Waals surface area contributed by atoms with Crippen molar-refractivity contribution >= 4 is 16.9 Å². The second kappa shape index (κ2) is 7.63. The molecule has 4 rings (SSSR count). The fraction of sp³-hybridized carbons (Fsp3) is 0.333. The van der Waals surface area contributed by atoms with Gasteiger partial charge in [0.2, 0.25) is 0 Å². The van der Waals surface area contributed by atoms with Gasteiger partial charge in [0.1, 0.15) is 11.7 Å². The Kier molecular flexibility index (Phi) is 5.03. The maximum Gasteiger partial charge on any atom is 0.344 e. The molecule has 2 aromatic carbocycles. The Bertz CT molecular complexity index is 1080. The van der Waals surface area contributed by atoms with Crippen molar-refractivity contribution in [3.8, 4) is 11.1 Å². The minimum absolute atomic E-state index is 0.0231. The van der Waals surface area contributed by atoms with Crippen molar-refractivity contribution in [2.75, 3.05) is 0 Å². The average molecular weight is 376 g/mol. The number of aryl methyl sites for hydroxylation is 1. The summed E-state index contributed by atoms with van der Waals surface area (Å²) in [6.07, 6.45) is 4.10. The average Bonchev–Trinajstić information content (AvgIpc) is 2.68. The molecule has 1 aliphatic rings. The van der Waals surface area contributed by atoms with Gasteiger partial charge in [-0.2, -0.15) is 0 Å². The van der Waals surface area contributed by atoms with Gasteiger partial charge in [-0.05, 0) is 61.4 Å². The Labute approximate surface area is 164 Å². The lowest BCUT2D eigenvalue weighted by molar-refractivity contribution is 0.0154. The minimum atomic E-state index is -0.414. The number of ether oxygens (including phenoxy) is 1. The van der Waals surface area contributed by atoms with Crippen LogP contribution in [-0.4, -0.2) is 12.1 Å². The molecule has 0 aliphatic heterocycles. The zero-order chi connectivity index (χ0) is 19.7. The van der Waals surface area contributed by atoms with E-state index in [4.69, 9.17) is 9.15 Å². The van der Waals surface area contributed by atoms with Gasteiger partial charge in [-0.1, -0.05) is 43.7 Å². The molecule has 0 bridgehead atoms. The molecule has 0 amide bonds. The fourth-order valence-corrected chi connectivity index (χ4v) is 3.97. The zero-order valence-electron chi connectivity index (χ0n) is 16.2. The molecule has 0 N–H and O–H groups in total. The third-order valence-electron chi connectivity index (χ3n) is 5.57. The lowest BCUT2D eigenvalue weighted by Crippen LogP contribution is -2.25. The lowest BCUT2D eigenvalue weighted by atomic mass is 9.88. The van der Waals surface area contributed by atoms with Crippen LogP contribution in [0.5, 0.6) is 0 Å². The van der Waals surface area contributed by atoms with Gasteiger partial charge >= 0.3 is 11.6 Å². The van der Waals surface area contributed by atoms with E-state index in [0.717, 1.165) is 30.2 Å². The topological polar surface area (TPSA) is 56.5 Å². The molecule has 2 atom stereocenters. The van der Waals surface area contributed by atoms with Gasteiger partial charge in [0.25, 0.3) is 0 Å². The first-order chi connectivity index (χ1) is 13.5. The van der Waals surface area contributed by atoms with Crippen LogP contribution in [0.15, 0.2) is 57.7 Å². The van der Waals surface area contributed by atoms with Gasteiger partial charge in [-0.15, -0.1) is 0 Å². The summed E-state index contributed by atoms with van der Waals surface area (Å²) < 4.78 is 11.2. The lowest BCUT2D eigenvalue weighted by Gasteiger charge is -2.26. The van der Waals surface area contributed by atoms with E-state index in [1.54, 1.807) is 12.1 Å². The van der Waals surface area contributed by atoms with E-state index in [1.807, 2.05) is 43.3 Å². The van der Waals surface area contributed by atoms with Crippen molar-refractivity contribution in [3.63, 3.8) is 0 Å². The highest BCUT2D eigenvalue weighted by Crippen LogP contribution is 2.28. The highest BCUT2D eigenvalue weighted by Gasteiger charge is 2.24. The first-order valence-corrected chi connectivity index (χ1v) is 9.86. The van der Waals surface area contributed by atoms with Crippen LogP contribution in [-0.2, 0) is 4.74 Å².